The van der Waals surface area contributed by atoms with Crippen LogP contribution < -0.4 is 5.73 Å². The molecule has 1 rings (SSSR count). The van der Waals surface area contributed by atoms with Crippen LogP contribution in [0.1, 0.15) is 45.6 Å². The van der Waals surface area contributed by atoms with Crippen LogP contribution in [0.2, 0.25) is 0 Å². The van der Waals surface area contributed by atoms with Crippen molar-refractivity contribution in [3.8, 4) is 0 Å². The first-order valence-corrected chi connectivity index (χ1v) is 7.67. The lowest BCUT2D eigenvalue weighted by Crippen LogP contribution is -2.46. The second-order valence-electron chi connectivity index (χ2n) is 5.37. The normalized spacial score (nSPS) is 14.0. The topological polar surface area (TPSA) is 52.3 Å². The van der Waals surface area contributed by atoms with Gasteiger partial charge < -0.3 is 10.5 Å². The smallest absolute Gasteiger partial charge is 0.317 e. The van der Waals surface area contributed by atoms with E-state index < -0.39 is 17.2 Å². The third kappa shape index (κ3) is 3.82. The van der Waals surface area contributed by atoms with Crippen LogP contribution >= 0.6 is 0 Å². The summed E-state index contributed by atoms with van der Waals surface area (Å²) in [5.41, 5.74) is 5.18. The van der Waals surface area contributed by atoms with Crippen molar-refractivity contribution in [2.75, 3.05) is 13.2 Å². The molecule has 0 radical (unpaired) electrons. The Labute approximate surface area is 126 Å². The molecule has 21 heavy (non-hydrogen) atoms. The van der Waals surface area contributed by atoms with Crippen LogP contribution in [-0.4, -0.2) is 19.1 Å². The Morgan fingerprint density at radius 3 is 2.38 bits per heavy atom. The van der Waals surface area contributed by atoms with Gasteiger partial charge in [0.05, 0.1) is 6.61 Å². The molecule has 0 saturated heterocycles. The van der Waals surface area contributed by atoms with Crippen LogP contribution in [0.3, 0.4) is 0 Å². The highest BCUT2D eigenvalue weighted by Gasteiger charge is 2.43. The molecule has 1 atom stereocenters. The molecule has 1 unspecified atom stereocenters. The summed E-state index contributed by atoms with van der Waals surface area (Å²) in [6.45, 7) is 6.20. The van der Waals surface area contributed by atoms with Gasteiger partial charge >= 0.3 is 5.97 Å². The zero-order valence-electron chi connectivity index (χ0n) is 13.2. The fourth-order valence-electron chi connectivity index (χ4n) is 2.77. The number of rotatable bonds is 8. The summed E-state index contributed by atoms with van der Waals surface area (Å²) in [5, 5.41) is 0. The number of halogens is 1. The minimum atomic E-state index is -1.10. The Bertz CT molecular complexity index is 460. The van der Waals surface area contributed by atoms with Gasteiger partial charge in [-0.1, -0.05) is 44.9 Å². The largest absolute Gasteiger partial charge is 0.465 e. The number of hydrogen-bond acceptors (Lipinski definition) is 3. The van der Waals surface area contributed by atoms with Crippen molar-refractivity contribution in [3.63, 3.8) is 0 Å². The van der Waals surface area contributed by atoms with Crippen molar-refractivity contribution in [2.24, 2.45) is 11.7 Å². The van der Waals surface area contributed by atoms with Gasteiger partial charge in [0.1, 0.15) is 11.2 Å². The van der Waals surface area contributed by atoms with Gasteiger partial charge in [-0.25, -0.2) is 4.39 Å². The van der Waals surface area contributed by atoms with Gasteiger partial charge in [0.15, 0.2) is 0 Å². The molecule has 3 nitrogen and oxygen atoms in total. The van der Waals surface area contributed by atoms with E-state index in [2.05, 4.69) is 13.8 Å². The highest BCUT2D eigenvalue weighted by atomic mass is 19.1. The maximum atomic E-state index is 14.3. The summed E-state index contributed by atoms with van der Waals surface area (Å²) < 4.78 is 19.5. The van der Waals surface area contributed by atoms with Gasteiger partial charge in [0.2, 0.25) is 0 Å². The van der Waals surface area contributed by atoms with E-state index in [1.165, 1.54) is 6.07 Å². The quantitative estimate of drug-likeness (QED) is 0.748. The molecule has 1 aromatic carbocycles. The number of benzene rings is 1. The number of nitrogens with two attached hydrogens (primary N) is 1. The van der Waals surface area contributed by atoms with E-state index >= 15 is 0 Å². The van der Waals surface area contributed by atoms with E-state index in [0.29, 0.717) is 17.9 Å². The molecular weight excluding hydrogens is 269 g/mol. The summed E-state index contributed by atoms with van der Waals surface area (Å²) in [4.78, 5) is 12.5. The van der Waals surface area contributed by atoms with Crippen molar-refractivity contribution in [1.82, 2.24) is 0 Å². The van der Waals surface area contributed by atoms with Crippen molar-refractivity contribution < 1.29 is 13.9 Å². The lowest BCUT2D eigenvalue weighted by molar-refractivity contribution is -0.150. The molecule has 0 spiro atoms. The number of esters is 1. The Morgan fingerprint density at radius 2 is 1.90 bits per heavy atom. The Hall–Kier alpha value is -1.42. The average Bonchev–Trinajstić information content (AvgIpc) is 2.50. The van der Waals surface area contributed by atoms with E-state index in [0.717, 1.165) is 12.8 Å². The van der Waals surface area contributed by atoms with Crippen molar-refractivity contribution in [2.45, 2.75) is 45.4 Å². The van der Waals surface area contributed by atoms with Gasteiger partial charge in [-0.3, -0.25) is 4.79 Å². The second kappa shape index (κ2) is 8.13. The molecule has 2 N–H and O–H groups in total. The van der Waals surface area contributed by atoms with Gasteiger partial charge in [0.25, 0.3) is 0 Å². The first-order chi connectivity index (χ1) is 10.1. The predicted molar refractivity (Wildman–Crippen MR) is 82.5 cm³/mol. The summed E-state index contributed by atoms with van der Waals surface area (Å²) in [6, 6.07) is 6.35. The Kier molecular flexibility index (Phi) is 6.82. The van der Waals surface area contributed by atoms with Crippen LogP contribution in [0.4, 0.5) is 4.39 Å². The minimum absolute atomic E-state index is 0.0449. The summed E-state index contributed by atoms with van der Waals surface area (Å²) in [7, 11) is 0. The number of carbonyl (C=O) groups excluding carboxylic acids is 1. The van der Waals surface area contributed by atoms with Gasteiger partial charge in [-0.05, 0) is 25.3 Å². The molecule has 0 amide bonds. The average molecular weight is 295 g/mol. The zero-order valence-corrected chi connectivity index (χ0v) is 13.2. The van der Waals surface area contributed by atoms with Gasteiger partial charge in [0, 0.05) is 12.1 Å². The highest BCUT2D eigenvalue weighted by molar-refractivity contribution is 5.83. The molecule has 0 aliphatic rings. The summed E-state index contributed by atoms with van der Waals surface area (Å²) >= 11 is 0. The van der Waals surface area contributed by atoms with Crippen molar-refractivity contribution in [3.05, 3.63) is 35.6 Å². The van der Waals surface area contributed by atoms with Crippen LogP contribution in [-0.2, 0) is 14.9 Å². The van der Waals surface area contributed by atoms with Gasteiger partial charge in [-0.2, -0.15) is 0 Å². The Morgan fingerprint density at radius 1 is 1.29 bits per heavy atom. The standard InChI is InChI=1S/C17H26FNO2/c1-4-13(5-2)11-17(12-19,16(20)21-6-3)14-9-7-8-10-15(14)18/h7-10,13H,4-6,11-12,19H2,1-3H3. The van der Waals surface area contributed by atoms with E-state index in [4.69, 9.17) is 10.5 Å². The lowest BCUT2D eigenvalue weighted by Gasteiger charge is -2.33. The summed E-state index contributed by atoms with van der Waals surface area (Å²) in [6.07, 6.45) is 2.36. The second-order valence-corrected chi connectivity index (χ2v) is 5.37. The lowest BCUT2D eigenvalue weighted by atomic mass is 9.72. The number of carbonyl (C=O) groups is 1. The molecule has 0 fully saturated rings. The maximum absolute atomic E-state index is 14.3. The van der Waals surface area contributed by atoms with Crippen LogP contribution in [0.5, 0.6) is 0 Å². The first kappa shape index (κ1) is 17.6. The van der Waals surface area contributed by atoms with Gasteiger partial charge in [-0.15, -0.1) is 0 Å². The molecule has 0 bridgehead atoms. The third-order valence-electron chi connectivity index (χ3n) is 4.20. The Balaban J connectivity index is 3.32. The zero-order chi connectivity index (χ0) is 15.9. The van der Waals surface area contributed by atoms with Crippen molar-refractivity contribution >= 4 is 5.97 Å². The van der Waals surface area contributed by atoms with E-state index in [9.17, 15) is 9.18 Å². The maximum Gasteiger partial charge on any atom is 0.317 e. The fourth-order valence-corrected chi connectivity index (χ4v) is 2.77. The SMILES string of the molecule is CCOC(=O)C(CN)(CC(CC)CC)c1ccccc1F. The molecular formula is C17H26FNO2. The van der Waals surface area contributed by atoms with Crippen LogP contribution in [0.25, 0.3) is 0 Å². The van der Waals surface area contributed by atoms with E-state index in [1.807, 2.05) is 0 Å². The van der Waals surface area contributed by atoms with E-state index in [1.54, 1.807) is 25.1 Å². The molecule has 118 valence electrons. The van der Waals surface area contributed by atoms with Crippen LogP contribution in [0, 0.1) is 11.7 Å². The van der Waals surface area contributed by atoms with Crippen molar-refractivity contribution in [1.29, 1.82) is 0 Å². The molecule has 1 aromatic rings. The number of ether oxygens (including phenoxy) is 1. The monoisotopic (exact) mass is 295 g/mol. The minimum Gasteiger partial charge on any atom is -0.465 e. The summed E-state index contributed by atoms with van der Waals surface area (Å²) in [5.74, 6) is -0.524. The molecule has 0 saturated carbocycles. The highest BCUT2D eigenvalue weighted by Crippen LogP contribution is 2.35. The first-order valence-electron chi connectivity index (χ1n) is 7.67. The molecule has 4 heteroatoms. The van der Waals surface area contributed by atoms with E-state index in [-0.39, 0.29) is 13.2 Å². The number of hydrogen-bond donors (Lipinski definition) is 1. The molecule has 0 aliphatic carbocycles. The molecule has 0 aliphatic heterocycles. The third-order valence-corrected chi connectivity index (χ3v) is 4.20. The van der Waals surface area contributed by atoms with Crippen LogP contribution in [0.15, 0.2) is 24.3 Å². The molecule has 0 heterocycles. The predicted octanol–water partition coefficient (Wildman–Crippen LogP) is 3.41. The fraction of sp³-hybridized carbons (Fsp3) is 0.588. The molecule has 0 aromatic heterocycles.